The number of thiophene rings is 1. The fourth-order valence-electron chi connectivity index (χ4n) is 11.6. The van der Waals surface area contributed by atoms with Gasteiger partial charge in [-0.15, -0.1) is 34.0 Å². The highest BCUT2D eigenvalue weighted by atomic mass is 35.5. The third kappa shape index (κ3) is 18.6. The van der Waals surface area contributed by atoms with E-state index in [0.717, 1.165) is 69.7 Å². The molecule has 10 aromatic heterocycles. The predicted molar refractivity (Wildman–Crippen MR) is 412 cm³/mol. The second kappa shape index (κ2) is 33.9. The van der Waals surface area contributed by atoms with Gasteiger partial charge in [-0.05, 0) is 133 Å². The van der Waals surface area contributed by atoms with E-state index < -0.39 is 52.9 Å². The van der Waals surface area contributed by atoms with Crippen LogP contribution in [0.1, 0.15) is 101 Å². The number of nitrogens with one attached hydrogen (secondary N) is 4. The molecule has 6 aromatic carbocycles. The first-order valence-electron chi connectivity index (χ1n) is 33.9. The van der Waals surface area contributed by atoms with Crippen LogP contribution < -0.4 is 21.3 Å². The van der Waals surface area contributed by atoms with E-state index in [1.165, 1.54) is 111 Å². The van der Waals surface area contributed by atoms with Crippen LogP contribution in [-0.4, -0.2) is 87.8 Å². The second-order valence-electron chi connectivity index (χ2n) is 25.1. The Hall–Kier alpha value is -13.4. The van der Waals surface area contributed by atoms with E-state index in [0.29, 0.717) is 105 Å². The Kier molecular flexibility index (Phi) is 23.5. The molecule has 4 amide bonds. The number of hydrogen-bond acceptors (Lipinski definition) is 18. The maximum atomic E-state index is 13.7. The van der Waals surface area contributed by atoms with Gasteiger partial charge in [0, 0.05) is 28.6 Å². The number of pyridine rings is 2. The second-order valence-corrected chi connectivity index (χ2v) is 28.2. The van der Waals surface area contributed by atoms with Crippen LogP contribution in [0.25, 0.3) is 43.6 Å². The number of nitrogens with zero attached hydrogens (tertiary/aromatic N) is 14. The first-order valence-corrected chi connectivity index (χ1v) is 37.0. The lowest BCUT2D eigenvalue weighted by Gasteiger charge is -2.08. The van der Waals surface area contributed by atoms with Gasteiger partial charge in [0.15, 0.2) is 23.3 Å². The molecule has 16 aromatic rings. The Morgan fingerprint density at radius 2 is 0.861 bits per heavy atom. The van der Waals surface area contributed by atoms with Crippen molar-refractivity contribution in [1.29, 1.82) is 5.26 Å². The number of halogens is 11. The zero-order chi connectivity index (χ0) is 81.5. The average molecular weight is 1650 g/mol. The van der Waals surface area contributed by atoms with Gasteiger partial charge in [-0.3, -0.25) is 47.9 Å². The van der Waals surface area contributed by atoms with E-state index in [1.54, 1.807) is 47.7 Å². The lowest BCUT2D eigenvalue weighted by atomic mass is 10.1. The molecule has 0 saturated carbocycles. The lowest BCUT2D eigenvalue weighted by molar-refractivity contribution is -0.138. The average Bonchev–Trinajstić information content (AvgIpc) is 1.64. The summed E-state index contributed by atoms with van der Waals surface area (Å²) in [6.45, 7) is 6.33. The standard InChI is InChI=1S/C20H15F3N4O2.C20H15N5OS.C19H13ClF3N5OS.C19H12F4N4OS/c1-12-16(11-29-26-12)19(28)24-18-15-4-2-3-5-17(15)27(25-18)10-13-6-8-14(9-7-13)20(21,22)23;1-13-18(27-12-22-13)20(26)23-19-16-4-2-3-5-17(16)25(24-19)11-15-8-6-14(10-21)7-9-15;1-10-16(30-9-25-10)18(29)26-17-15-13(20)6-24-7-14(15)28(27-17)8-11-2-4-12(5-3-11)19(21,22)23;20-14-6-8-29-16(14)18(28)25-17-13-5-7-24-9-15(13)27(26-17)10-11-1-3-12(4-2-11)19(21,22)23/h2-9,11H,10H2,1H3,(H,24,25,28);2-9,12H,11H2,1H3,(H,23,24,26);2-7,9H,8H2,1H3,(H,26,27,29);1-9H,10H2,(H,25,26,28). The molecule has 0 aliphatic heterocycles. The molecule has 4 N–H and O–H groups in total. The summed E-state index contributed by atoms with van der Waals surface area (Å²) in [5.41, 5.74) is 9.40. The van der Waals surface area contributed by atoms with Crippen LogP contribution in [0.3, 0.4) is 0 Å². The number of amides is 4. The first-order chi connectivity index (χ1) is 55.0. The summed E-state index contributed by atoms with van der Waals surface area (Å²) >= 11 is 9.77. The van der Waals surface area contributed by atoms with Crippen LogP contribution in [0.5, 0.6) is 0 Å². The number of nitriles is 1. The molecule has 0 saturated heterocycles. The highest BCUT2D eigenvalue weighted by Crippen LogP contribution is 2.36. The molecule has 0 aliphatic carbocycles. The molecule has 0 radical (unpaired) electrons. The number of carbonyl (C=O) groups is 4. The number of aromatic nitrogens is 13. The zero-order valence-corrected chi connectivity index (χ0v) is 62.8. The molecule has 0 fully saturated rings. The molecule has 0 aliphatic rings. The van der Waals surface area contributed by atoms with Gasteiger partial charge in [0.05, 0.1) is 127 Å². The Labute approximate surface area is 660 Å². The largest absolute Gasteiger partial charge is 0.416 e. The topological polar surface area (TPSA) is 289 Å². The van der Waals surface area contributed by atoms with Crippen LogP contribution in [0.4, 0.5) is 67.2 Å². The monoisotopic (exact) mass is 1640 g/mol. The van der Waals surface area contributed by atoms with Gasteiger partial charge in [-0.1, -0.05) is 89.6 Å². The number of fused-ring (bicyclic) bond motifs is 4. The molecule has 23 nitrogen and oxygen atoms in total. The lowest BCUT2D eigenvalue weighted by Crippen LogP contribution is -2.13. The number of para-hydroxylation sites is 2. The summed E-state index contributed by atoms with van der Waals surface area (Å²) in [6.07, 6.45) is -5.91. The maximum Gasteiger partial charge on any atom is 0.416 e. The van der Waals surface area contributed by atoms with Crippen LogP contribution in [0, 0.1) is 37.9 Å². The number of aryl methyl sites for hydroxylation is 3. The molecule has 16 rings (SSSR count). The van der Waals surface area contributed by atoms with Crippen molar-refractivity contribution < 1.29 is 67.6 Å². The van der Waals surface area contributed by atoms with Gasteiger partial charge in [0.25, 0.3) is 23.6 Å². The predicted octanol–water partition coefficient (Wildman–Crippen LogP) is 18.7. The number of thiazole rings is 2. The normalized spacial score (nSPS) is 11.5. The Morgan fingerprint density at radius 3 is 1.28 bits per heavy atom. The summed E-state index contributed by atoms with van der Waals surface area (Å²) in [7, 11) is 0. The number of rotatable bonds is 16. The van der Waals surface area contributed by atoms with Crippen LogP contribution in [0.2, 0.25) is 5.02 Å². The van der Waals surface area contributed by atoms with Gasteiger partial charge < -0.3 is 25.8 Å². The van der Waals surface area contributed by atoms with Crippen molar-refractivity contribution >= 4 is 136 Å². The van der Waals surface area contributed by atoms with Gasteiger partial charge in [-0.2, -0.15) is 65.2 Å². The van der Waals surface area contributed by atoms with E-state index in [1.807, 2.05) is 72.3 Å². The molecule has 115 heavy (non-hydrogen) atoms. The number of benzene rings is 6. The molecule has 0 spiro atoms. The summed E-state index contributed by atoms with van der Waals surface area (Å²) in [4.78, 5) is 67.2. The van der Waals surface area contributed by atoms with Crippen molar-refractivity contribution in [3.05, 3.63) is 298 Å². The molecular weight excluding hydrogens is 1590 g/mol. The smallest absolute Gasteiger partial charge is 0.364 e. The molecule has 10 heterocycles. The molecule has 0 bridgehead atoms. The van der Waals surface area contributed by atoms with Crippen molar-refractivity contribution in [1.82, 2.24) is 64.2 Å². The molecule has 0 unspecified atom stereocenters. The summed E-state index contributed by atoms with van der Waals surface area (Å²) in [6, 6.07) is 41.8. The minimum atomic E-state index is -4.41. The highest BCUT2D eigenvalue weighted by molar-refractivity contribution is 7.12. The summed E-state index contributed by atoms with van der Waals surface area (Å²) in [5, 5.41) is 45.8. The van der Waals surface area contributed by atoms with E-state index in [-0.39, 0.29) is 48.0 Å². The van der Waals surface area contributed by atoms with Crippen molar-refractivity contribution in [2.75, 3.05) is 21.3 Å². The minimum absolute atomic E-state index is 0.0653. The maximum absolute atomic E-state index is 13.7. The van der Waals surface area contributed by atoms with Gasteiger partial charge >= 0.3 is 18.5 Å². The molecule has 0 atom stereocenters. The quantitative estimate of drug-likeness (QED) is 0.0654. The van der Waals surface area contributed by atoms with Crippen molar-refractivity contribution in [2.24, 2.45) is 0 Å². The minimum Gasteiger partial charge on any atom is -0.364 e. The van der Waals surface area contributed by atoms with Crippen molar-refractivity contribution in [2.45, 2.75) is 65.5 Å². The van der Waals surface area contributed by atoms with Crippen molar-refractivity contribution in [3.63, 3.8) is 0 Å². The van der Waals surface area contributed by atoms with E-state index in [2.05, 4.69) is 72.8 Å². The van der Waals surface area contributed by atoms with E-state index >= 15 is 0 Å². The first kappa shape index (κ1) is 79.7. The number of hydrogen-bond donors (Lipinski definition) is 4. The number of alkyl halides is 9. The molecule has 37 heteroatoms. The van der Waals surface area contributed by atoms with E-state index in [4.69, 9.17) is 21.4 Å². The Morgan fingerprint density at radius 1 is 0.461 bits per heavy atom. The van der Waals surface area contributed by atoms with Gasteiger partial charge in [0.1, 0.15) is 32.3 Å². The van der Waals surface area contributed by atoms with Crippen molar-refractivity contribution in [3.8, 4) is 6.07 Å². The SMILES string of the molecule is Cc1ncsc1C(=O)Nc1nn(Cc2ccc(C#N)cc2)c2ccccc12.Cc1ncsc1C(=O)Nc1nn(Cc2ccc(C(F)(F)F)cc2)c2cncc(Cl)c12.Cc1nocc1C(=O)Nc1nn(Cc2ccc(C(F)(F)F)cc2)c2ccccc12.O=C(Nc1nn(Cc2ccc(C(F)(F)F)cc2)c2cnccc12)c1sccc1F. The number of carbonyl (C=O) groups excluding carboxylic acids is 4. The molecule has 582 valence electrons. The van der Waals surface area contributed by atoms with Crippen LogP contribution in [-0.2, 0) is 44.7 Å². The summed E-state index contributed by atoms with van der Waals surface area (Å²) < 4.78 is 140. The number of anilines is 4. The third-order valence-electron chi connectivity index (χ3n) is 17.4. The zero-order valence-electron chi connectivity index (χ0n) is 59.6. The Bertz CT molecular complexity index is 6090. The van der Waals surface area contributed by atoms with E-state index in [9.17, 15) is 63.1 Å². The fraction of sp³-hybridized carbons (Fsp3) is 0.128. The highest BCUT2D eigenvalue weighted by Gasteiger charge is 2.33. The van der Waals surface area contributed by atoms with Crippen LogP contribution >= 0.6 is 45.6 Å². The third-order valence-corrected chi connectivity index (χ3v) is 20.4. The van der Waals surface area contributed by atoms with Gasteiger partial charge in [-0.25, -0.2) is 14.4 Å². The van der Waals surface area contributed by atoms with Crippen LogP contribution in [0.15, 0.2) is 210 Å². The summed E-state index contributed by atoms with van der Waals surface area (Å²) in [5.74, 6) is -0.913. The Balaban J connectivity index is 0.000000134. The van der Waals surface area contributed by atoms with Gasteiger partial charge in [0.2, 0.25) is 0 Å². The molecular formula is C78H55ClF10N18O5S3. The fourth-order valence-corrected chi connectivity index (χ4v) is 13.9.